The Labute approximate surface area is 150 Å². The number of unbranched alkanes of at least 4 members (excludes halogenated alkanes) is 1. The molecule has 144 valence electrons. The van der Waals surface area contributed by atoms with Crippen molar-refractivity contribution in [3.63, 3.8) is 0 Å². The average Bonchev–Trinajstić information content (AvgIpc) is 2.58. The quantitative estimate of drug-likeness (QED) is 0.701. The Morgan fingerprint density at radius 3 is 2.35 bits per heavy atom. The van der Waals surface area contributed by atoms with Crippen molar-refractivity contribution in [3.8, 4) is 0 Å². The van der Waals surface area contributed by atoms with E-state index in [0.29, 0.717) is 18.5 Å². The molecular formula is C18H23F3N2O3. The first-order valence-electron chi connectivity index (χ1n) is 8.75. The molecule has 1 saturated heterocycles. The highest BCUT2D eigenvalue weighted by molar-refractivity contribution is 5.94. The van der Waals surface area contributed by atoms with Gasteiger partial charge in [0.1, 0.15) is 0 Å². The number of alkyl halides is 3. The van der Waals surface area contributed by atoms with Crippen molar-refractivity contribution in [3.05, 3.63) is 23.8 Å². The number of halogens is 3. The van der Waals surface area contributed by atoms with Crippen LogP contribution in [0.2, 0.25) is 0 Å². The van der Waals surface area contributed by atoms with Gasteiger partial charge >= 0.3 is 12.1 Å². The summed E-state index contributed by atoms with van der Waals surface area (Å²) >= 11 is 0. The second kappa shape index (κ2) is 8.91. The number of piperidine rings is 1. The zero-order valence-corrected chi connectivity index (χ0v) is 14.4. The van der Waals surface area contributed by atoms with E-state index in [9.17, 15) is 22.8 Å². The normalized spacial score (nSPS) is 15.0. The fraction of sp³-hybridized carbons (Fsp3) is 0.556. The van der Waals surface area contributed by atoms with E-state index in [-0.39, 0.29) is 18.5 Å². The second-order valence-electron chi connectivity index (χ2n) is 6.43. The summed E-state index contributed by atoms with van der Waals surface area (Å²) in [7, 11) is 0. The predicted molar refractivity (Wildman–Crippen MR) is 92.2 cm³/mol. The molecule has 0 bridgehead atoms. The Bertz CT molecular complexity index is 641. The Balaban J connectivity index is 2.11. The van der Waals surface area contributed by atoms with Crippen molar-refractivity contribution < 1.29 is 27.9 Å². The van der Waals surface area contributed by atoms with Crippen molar-refractivity contribution in [2.45, 2.75) is 51.1 Å². The van der Waals surface area contributed by atoms with E-state index in [1.54, 1.807) is 0 Å². The van der Waals surface area contributed by atoms with Gasteiger partial charge in [0.05, 0.1) is 16.9 Å². The molecular weight excluding hydrogens is 349 g/mol. The second-order valence-corrected chi connectivity index (χ2v) is 6.43. The van der Waals surface area contributed by atoms with Crippen molar-refractivity contribution in [2.75, 3.05) is 23.3 Å². The minimum absolute atomic E-state index is 0.0319. The highest BCUT2D eigenvalue weighted by Gasteiger charge is 2.31. The number of carbonyl (C=O) groups excluding carboxylic acids is 1. The van der Waals surface area contributed by atoms with Gasteiger partial charge in [0, 0.05) is 25.9 Å². The molecule has 8 heteroatoms. The third-order valence-corrected chi connectivity index (χ3v) is 4.34. The summed E-state index contributed by atoms with van der Waals surface area (Å²) in [5.41, 5.74) is -0.0546. The minimum atomic E-state index is -4.48. The van der Waals surface area contributed by atoms with E-state index in [1.807, 2.05) is 4.90 Å². The molecule has 1 aliphatic rings. The number of carboxylic acid groups (broad SMARTS) is 1. The number of amides is 1. The lowest BCUT2D eigenvalue weighted by Crippen LogP contribution is -2.30. The number of carboxylic acids is 1. The number of hydrogen-bond donors (Lipinski definition) is 2. The molecule has 0 saturated carbocycles. The Morgan fingerprint density at radius 2 is 1.73 bits per heavy atom. The summed E-state index contributed by atoms with van der Waals surface area (Å²) in [6, 6.07) is 3.42. The van der Waals surface area contributed by atoms with Gasteiger partial charge in [0.2, 0.25) is 5.91 Å². The van der Waals surface area contributed by atoms with E-state index < -0.39 is 23.6 Å². The number of hydrogen-bond acceptors (Lipinski definition) is 3. The van der Waals surface area contributed by atoms with Gasteiger partial charge in [-0.25, -0.2) is 0 Å². The molecule has 0 spiro atoms. The maximum Gasteiger partial charge on any atom is 0.416 e. The number of carbonyl (C=O) groups is 2. The number of aliphatic carboxylic acids is 1. The first-order chi connectivity index (χ1) is 12.3. The van der Waals surface area contributed by atoms with E-state index in [1.165, 1.54) is 6.07 Å². The number of anilines is 2. The first-order valence-corrected chi connectivity index (χ1v) is 8.75. The van der Waals surface area contributed by atoms with Crippen LogP contribution in [0.3, 0.4) is 0 Å². The number of nitrogens with zero attached hydrogens (tertiary/aromatic N) is 1. The Morgan fingerprint density at radius 1 is 1.08 bits per heavy atom. The van der Waals surface area contributed by atoms with Gasteiger partial charge in [-0.15, -0.1) is 0 Å². The standard InChI is InChI=1S/C18H23F3N2O3/c19-18(20,21)13-8-9-15(23-10-4-1-5-11-23)14(12-13)22-16(24)6-2-3-7-17(25)26/h8-9,12H,1-7,10-11H2,(H,22,24)(H,25,26). The van der Waals surface area contributed by atoms with Crippen molar-refractivity contribution in [2.24, 2.45) is 0 Å². The molecule has 0 aliphatic carbocycles. The largest absolute Gasteiger partial charge is 0.481 e. The molecule has 1 aromatic carbocycles. The van der Waals surface area contributed by atoms with E-state index in [4.69, 9.17) is 5.11 Å². The van der Waals surface area contributed by atoms with Crippen LogP contribution in [0.5, 0.6) is 0 Å². The van der Waals surface area contributed by atoms with Crippen molar-refractivity contribution in [1.29, 1.82) is 0 Å². The highest BCUT2D eigenvalue weighted by atomic mass is 19.4. The lowest BCUT2D eigenvalue weighted by atomic mass is 10.1. The van der Waals surface area contributed by atoms with Gasteiger partial charge < -0.3 is 15.3 Å². The summed E-state index contributed by atoms with van der Waals surface area (Å²) in [5, 5.41) is 11.2. The minimum Gasteiger partial charge on any atom is -0.481 e. The van der Waals surface area contributed by atoms with Crippen molar-refractivity contribution >= 4 is 23.3 Å². The molecule has 5 nitrogen and oxygen atoms in total. The molecule has 1 heterocycles. The van der Waals surface area contributed by atoms with Gasteiger partial charge in [-0.2, -0.15) is 13.2 Å². The van der Waals surface area contributed by atoms with Crippen LogP contribution in [0.1, 0.15) is 50.5 Å². The number of nitrogens with one attached hydrogen (secondary N) is 1. The van der Waals surface area contributed by atoms with Gasteiger partial charge in [-0.3, -0.25) is 9.59 Å². The SMILES string of the molecule is O=C(O)CCCCC(=O)Nc1cc(C(F)(F)F)ccc1N1CCCCC1. The fourth-order valence-electron chi connectivity index (χ4n) is 3.00. The highest BCUT2D eigenvalue weighted by Crippen LogP contribution is 2.36. The maximum absolute atomic E-state index is 13.0. The van der Waals surface area contributed by atoms with E-state index in [2.05, 4.69) is 5.32 Å². The summed E-state index contributed by atoms with van der Waals surface area (Å²) in [4.78, 5) is 24.6. The predicted octanol–water partition coefficient (Wildman–Crippen LogP) is 4.28. The topological polar surface area (TPSA) is 69.6 Å². The molecule has 2 N–H and O–H groups in total. The van der Waals surface area contributed by atoms with Crippen LogP contribution in [0, 0.1) is 0 Å². The summed E-state index contributed by atoms with van der Waals surface area (Å²) in [6.45, 7) is 1.49. The maximum atomic E-state index is 13.0. The van der Waals surface area contributed by atoms with E-state index in [0.717, 1.165) is 44.5 Å². The smallest absolute Gasteiger partial charge is 0.416 e. The molecule has 0 unspecified atom stereocenters. The molecule has 1 aliphatic heterocycles. The first kappa shape index (κ1) is 20.1. The molecule has 1 fully saturated rings. The molecule has 2 rings (SSSR count). The third-order valence-electron chi connectivity index (χ3n) is 4.34. The van der Waals surface area contributed by atoms with Crippen LogP contribution in [-0.4, -0.2) is 30.1 Å². The lowest BCUT2D eigenvalue weighted by molar-refractivity contribution is -0.138. The summed E-state index contributed by atoms with van der Waals surface area (Å²) in [5.74, 6) is -1.34. The van der Waals surface area contributed by atoms with Crippen LogP contribution in [0.25, 0.3) is 0 Å². The van der Waals surface area contributed by atoms with Gasteiger partial charge in [-0.05, 0) is 50.3 Å². The lowest BCUT2D eigenvalue weighted by Gasteiger charge is -2.31. The average molecular weight is 372 g/mol. The van der Waals surface area contributed by atoms with Crippen LogP contribution in [0.15, 0.2) is 18.2 Å². The zero-order chi connectivity index (χ0) is 19.2. The molecule has 0 aromatic heterocycles. The zero-order valence-electron chi connectivity index (χ0n) is 14.4. The van der Waals surface area contributed by atoms with Gasteiger partial charge in [0.25, 0.3) is 0 Å². The molecule has 1 amide bonds. The number of rotatable bonds is 7. The van der Waals surface area contributed by atoms with Crippen molar-refractivity contribution in [1.82, 2.24) is 0 Å². The Kier molecular flexibility index (Phi) is 6.88. The fourth-order valence-corrected chi connectivity index (χ4v) is 3.00. The van der Waals surface area contributed by atoms with Gasteiger partial charge in [-0.1, -0.05) is 0 Å². The molecule has 26 heavy (non-hydrogen) atoms. The summed E-state index contributed by atoms with van der Waals surface area (Å²) < 4.78 is 39.1. The molecule has 0 radical (unpaired) electrons. The molecule has 1 aromatic rings. The Hall–Kier alpha value is -2.25. The number of benzene rings is 1. The van der Waals surface area contributed by atoms with Crippen LogP contribution >= 0.6 is 0 Å². The monoisotopic (exact) mass is 372 g/mol. The van der Waals surface area contributed by atoms with E-state index >= 15 is 0 Å². The summed E-state index contributed by atoms with van der Waals surface area (Å²) in [6.07, 6.45) is -0.712. The third kappa shape index (κ3) is 5.93. The van der Waals surface area contributed by atoms with Crippen LogP contribution in [-0.2, 0) is 15.8 Å². The van der Waals surface area contributed by atoms with Crippen LogP contribution in [0.4, 0.5) is 24.5 Å². The van der Waals surface area contributed by atoms with Gasteiger partial charge in [0.15, 0.2) is 0 Å². The molecule has 0 atom stereocenters. The van der Waals surface area contributed by atoms with Crippen LogP contribution < -0.4 is 10.2 Å².